The van der Waals surface area contributed by atoms with Crippen molar-refractivity contribution in [1.82, 2.24) is 0 Å². The maximum Gasteiger partial charge on any atom is 0.456 e. The van der Waals surface area contributed by atoms with Crippen molar-refractivity contribution in [2.24, 2.45) is 0 Å². The van der Waals surface area contributed by atoms with E-state index >= 15 is 0 Å². The second kappa shape index (κ2) is 10.1. The summed E-state index contributed by atoms with van der Waals surface area (Å²) in [6.45, 7) is 10.3. The molecule has 1 fully saturated rings. The van der Waals surface area contributed by atoms with Crippen LogP contribution in [-0.2, 0) is 29.1 Å². The molecular weight excluding hydrogens is 397 g/mol. The van der Waals surface area contributed by atoms with Crippen LogP contribution in [0, 0.1) is 0 Å². The van der Waals surface area contributed by atoms with Gasteiger partial charge in [0.25, 0.3) is 39.3 Å². The normalized spacial score (nSPS) is 35.7. The Bertz CT molecular complexity index is 298. The van der Waals surface area contributed by atoms with Gasteiger partial charge in [0.1, 0.15) is 0 Å². The lowest BCUT2D eigenvalue weighted by Crippen LogP contribution is -2.47. The zero-order valence-corrected chi connectivity index (χ0v) is 22.1. The minimum absolute atomic E-state index is 0.250. The van der Waals surface area contributed by atoms with Gasteiger partial charge in [0, 0.05) is 0 Å². The first-order valence-electron chi connectivity index (χ1n) is 6.87. The summed E-state index contributed by atoms with van der Waals surface area (Å²) in [5.41, 5.74) is 0. The van der Waals surface area contributed by atoms with E-state index in [1.54, 1.807) is 0 Å². The van der Waals surface area contributed by atoms with Crippen molar-refractivity contribution < 1.29 is 33.9 Å². The topological polar surface area (TPSA) is 84.8 Å². The average molecular weight is 423 g/mol. The van der Waals surface area contributed by atoms with Crippen molar-refractivity contribution in [3.05, 3.63) is 0 Å². The summed E-state index contributed by atoms with van der Waals surface area (Å²) >= 11 is 0. The van der Waals surface area contributed by atoms with Crippen LogP contribution in [0.2, 0.25) is 19.6 Å². The maximum atomic E-state index is 8.64. The fourth-order valence-corrected chi connectivity index (χ4v) is 17.7. The molecule has 0 aromatic heterocycles. The minimum Gasteiger partial charge on any atom is -0.439 e. The Balaban J connectivity index is 2.49. The predicted octanol–water partition coefficient (Wildman–Crippen LogP) is -3.81. The van der Waals surface area contributed by atoms with Gasteiger partial charge >= 0.3 is 18.8 Å². The molecule has 0 aromatic rings. The summed E-state index contributed by atoms with van der Waals surface area (Å²) in [6.07, 6.45) is 0. The molecule has 0 bridgehead atoms. The lowest BCUT2D eigenvalue weighted by atomic mass is 10.5. The molecule has 4 atom stereocenters. The summed E-state index contributed by atoms with van der Waals surface area (Å²) in [5.74, 6) is 0. The zero-order valence-electron chi connectivity index (χ0n) is 13.2. The van der Waals surface area contributed by atoms with E-state index in [0.717, 1.165) is 0 Å². The van der Waals surface area contributed by atoms with Crippen molar-refractivity contribution in [3.8, 4) is 0 Å². The number of rotatable bonds is 6. The van der Waals surface area contributed by atoms with Gasteiger partial charge in [0.2, 0.25) is 0 Å². The third-order valence-corrected chi connectivity index (χ3v) is 18.7. The second-order valence-corrected chi connectivity index (χ2v) is 19.5. The van der Waals surface area contributed by atoms with Crippen molar-refractivity contribution in [2.45, 2.75) is 38.7 Å². The first-order chi connectivity index (χ1) is 9.85. The van der Waals surface area contributed by atoms with E-state index in [0.29, 0.717) is 0 Å². The van der Waals surface area contributed by atoms with Gasteiger partial charge in [-0.3, -0.25) is 0 Å². The lowest BCUT2D eigenvalue weighted by Gasteiger charge is -2.32. The van der Waals surface area contributed by atoms with Crippen LogP contribution in [0.3, 0.4) is 0 Å². The molecule has 1 aliphatic rings. The Morgan fingerprint density at radius 1 is 0.952 bits per heavy atom. The summed E-state index contributed by atoms with van der Waals surface area (Å²) in [6, 6.07) is 0. The minimum atomic E-state index is -2.23. The molecule has 8 nitrogen and oxygen atoms in total. The molecular formula is C6H26O8Si7. The molecule has 1 heterocycles. The van der Waals surface area contributed by atoms with Gasteiger partial charge in [0.15, 0.2) is 9.04 Å². The first-order valence-corrected chi connectivity index (χ1v) is 18.2. The Labute approximate surface area is 140 Å². The standard InChI is InChI=1S/C6H26O8Si7/c1-6(2)8-19(4)13-21(11-17-10-16-9-15-7)14-20(5)12-18(6)3/h7,18-21H,15-17H2,1-5H3. The molecule has 15 heteroatoms. The monoisotopic (exact) mass is 422 g/mol. The molecule has 1 saturated heterocycles. The molecule has 0 amide bonds. The fraction of sp³-hybridized carbons (Fsp3) is 1.00. The second-order valence-electron chi connectivity index (χ2n) is 5.14. The van der Waals surface area contributed by atoms with Crippen LogP contribution in [-0.4, -0.2) is 77.2 Å². The van der Waals surface area contributed by atoms with E-state index < -0.39 is 67.2 Å². The molecule has 0 aliphatic carbocycles. The van der Waals surface area contributed by atoms with E-state index in [2.05, 4.69) is 20.4 Å². The van der Waals surface area contributed by atoms with Gasteiger partial charge in [0.05, 0.1) is 5.22 Å². The Hall–Kier alpha value is 1.20. The summed E-state index contributed by atoms with van der Waals surface area (Å²) in [4.78, 5) is 8.64. The number of hydrogen-bond donors (Lipinski definition) is 1. The molecule has 21 heavy (non-hydrogen) atoms. The maximum absolute atomic E-state index is 8.64. The Morgan fingerprint density at radius 2 is 1.62 bits per heavy atom. The zero-order chi connectivity index (χ0) is 15.9. The fourth-order valence-electron chi connectivity index (χ4n) is 1.69. The predicted molar refractivity (Wildman–Crippen MR) is 95.7 cm³/mol. The SMILES string of the molecule is C[SiH]1O[SiH](O[SiH2]O[SiH2]O[SiH2]O)O[SiH](C)OC(C)(C)[SiH](C)O1. The molecule has 4 unspecified atom stereocenters. The van der Waals surface area contributed by atoms with E-state index in [1.165, 1.54) is 0 Å². The Kier molecular flexibility index (Phi) is 9.78. The molecule has 1 aliphatic heterocycles. The smallest absolute Gasteiger partial charge is 0.439 e. The van der Waals surface area contributed by atoms with Gasteiger partial charge in [-0.1, -0.05) is 0 Å². The summed E-state index contributed by atoms with van der Waals surface area (Å²) < 4.78 is 39.9. The highest BCUT2D eigenvalue weighted by Gasteiger charge is 2.37. The van der Waals surface area contributed by atoms with Gasteiger partial charge < -0.3 is 33.9 Å². The average Bonchev–Trinajstić information content (AvgIpc) is 2.39. The number of hydrogen-bond acceptors (Lipinski definition) is 8. The molecule has 0 saturated carbocycles. The van der Waals surface area contributed by atoms with Crippen molar-refractivity contribution >= 4 is 67.2 Å². The molecule has 126 valence electrons. The molecule has 0 aromatic carbocycles. The van der Waals surface area contributed by atoms with Crippen LogP contribution in [0.1, 0.15) is 13.8 Å². The van der Waals surface area contributed by atoms with E-state index in [9.17, 15) is 0 Å². The molecule has 0 radical (unpaired) electrons. The van der Waals surface area contributed by atoms with Crippen LogP contribution in [0.15, 0.2) is 0 Å². The largest absolute Gasteiger partial charge is 0.456 e. The highest BCUT2D eigenvalue weighted by Crippen LogP contribution is 2.20. The van der Waals surface area contributed by atoms with E-state index in [4.69, 9.17) is 33.9 Å². The van der Waals surface area contributed by atoms with Crippen LogP contribution < -0.4 is 0 Å². The van der Waals surface area contributed by atoms with E-state index in [1.807, 2.05) is 13.1 Å². The van der Waals surface area contributed by atoms with Crippen molar-refractivity contribution in [2.75, 3.05) is 0 Å². The van der Waals surface area contributed by atoms with Crippen LogP contribution >= 0.6 is 0 Å². The van der Waals surface area contributed by atoms with Crippen molar-refractivity contribution in [3.63, 3.8) is 0 Å². The highest BCUT2D eigenvalue weighted by atomic mass is 28.5. The highest BCUT2D eigenvalue weighted by molar-refractivity contribution is 6.70. The Morgan fingerprint density at radius 3 is 2.29 bits per heavy atom. The molecule has 1 rings (SSSR count). The first kappa shape index (κ1) is 20.2. The molecule has 0 spiro atoms. The third-order valence-electron chi connectivity index (χ3n) is 3.00. The van der Waals surface area contributed by atoms with E-state index in [-0.39, 0.29) is 5.22 Å². The van der Waals surface area contributed by atoms with Crippen LogP contribution in [0.25, 0.3) is 0 Å². The van der Waals surface area contributed by atoms with Crippen LogP contribution in [0.5, 0.6) is 0 Å². The quantitative estimate of drug-likeness (QED) is 0.344. The van der Waals surface area contributed by atoms with Gasteiger partial charge in [-0.25, -0.2) is 0 Å². The third kappa shape index (κ3) is 8.03. The lowest BCUT2D eigenvalue weighted by molar-refractivity contribution is 0.144. The molecule has 1 N–H and O–H groups in total. The summed E-state index contributed by atoms with van der Waals surface area (Å²) in [5, 5.41) is -0.250. The van der Waals surface area contributed by atoms with Crippen LogP contribution in [0.4, 0.5) is 0 Å². The summed E-state index contributed by atoms with van der Waals surface area (Å²) in [7, 11) is -10.9. The van der Waals surface area contributed by atoms with Gasteiger partial charge in [-0.2, -0.15) is 0 Å². The van der Waals surface area contributed by atoms with Gasteiger partial charge in [-0.15, -0.1) is 0 Å². The van der Waals surface area contributed by atoms with Crippen molar-refractivity contribution in [1.29, 1.82) is 0 Å². The van der Waals surface area contributed by atoms with Gasteiger partial charge in [-0.05, 0) is 33.5 Å².